The molecule has 1 fully saturated rings. The lowest BCUT2D eigenvalue weighted by Crippen LogP contribution is -2.42. The van der Waals surface area contributed by atoms with Crippen molar-refractivity contribution in [3.05, 3.63) is 11.8 Å². The van der Waals surface area contributed by atoms with E-state index in [-0.39, 0.29) is 18.1 Å². The lowest BCUT2D eigenvalue weighted by Gasteiger charge is -2.25. The zero-order valence-corrected chi connectivity index (χ0v) is 12.8. The van der Waals surface area contributed by atoms with Crippen LogP contribution in [0, 0.1) is 0 Å². The van der Waals surface area contributed by atoms with E-state index < -0.39 is 10.0 Å². The molecule has 8 nitrogen and oxygen atoms in total. The monoisotopic (exact) mass is 316 g/mol. The van der Waals surface area contributed by atoms with E-state index in [0.29, 0.717) is 32.1 Å². The van der Waals surface area contributed by atoms with Gasteiger partial charge in [0.2, 0.25) is 15.9 Å². The van der Waals surface area contributed by atoms with Crippen LogP contribution in [0.1, 0.15) is 19.0 Å². The molecule has 118 valence electrons. The second-order valence-corrected chi connectivity index (χ2v) is 6.85. The minimum Gasteiger partial charge on any atom is -0.379 e. The van der Waals surface area contributed by atoms with Gasteiger partial charge in [-0.05, 0) is 6.42 Å². The third kappa shape index (κ3) is 4.51. The first-order valence-electron chi connectivity index (χ1n) is 6.91. The standard InChI is InChI=1S/C12H20N4O4S/c1-2-10-9-11(15-14-10)13-12(17)3-8-21(18,19)16-4-6-20-7-5-16/h9H,2-8H2,1H3,(H2,13,14,15,17). The maximum Gasteiger partial charge on any atom is 0.226 e. The van der Waals surface area contributed by atoms with E-state index in [1.807, 2.05) is 6.92 Å². The molecule has 2 N–H and O–H groups in total. The van der Waals surface area contributed by atoms with Gasteiger partial charge in [-0.3, -0.25) is 9.89 Å². The summed E-state index contributed by atoms with van der Waals surface area (Å²) >= 11 is 0. The molecule has 0 radical (unpaired) electrons. The maximum absolute atomic E-state index is 12.1. The number of morpholine rings is 1. The Labute approximate surface area is 123 Å². The predicted molar refractivity (Wildman–Crippen MR) is 77.4 cm³/mol. The summed E-state index contributed by atoms with van der Waals surface area (Å²) in [6, 6.07) is 1.73. The number of carbonyl (C=O) groups excluding carboxylic acids is 1. The molecule has 2 rings (SSSR count). The highest BCUT2D eigenvalue weighted by atomic mass is 32.2. The van der Waals surface area contributed by atoms with Crippen LogP contribution in [0.2, 0.25) is 0 Å². The molecule has 1 aromatic rings. The van der Waals surface area contributed by atoms with Crippen LogP contribution < -0.4 is 5.32 Å². The number of aromatic amines is 1. The molecule has 1 saturated heterocycles. The number of nitrogens with one attached hydrogen (secondary N) is 2. The van der Waals surface area contributed by atoms with Crippen molar-refractivity contribution in [2.45, 2.75) is 19.8 Å². The van der Waals surface area contributed by atoms with Gasteiger partial charge in [0.25, 0.3) is 0 Å². The van der Waals surface area contributed by atoms with Crippen LogP contribution in [0.5, 0.6) is 0 Å². The molecule has 0 spiro atoms. The summed E-state index contributed by atoms with van der Waals surface area (Å²) < 4.78 is 30.6. The Balaban J connectivity index is 1.82. The fraction of sp³-hybridized carbons (Fsp3) is 0.667. The number of aromatic nitrogens is 2. The summed E-state index contributed by atoms with van der Waals surface area (Å²) in [5.41, 5.74) is 0.909. The Morgan fingerprint density at radius 2 is 2.19 bits per heavy atom. The van der Waals surface area contributed by atoms with Crippen molar-refractivity contribution in [1.29, 1.82) is 0 Å². The van der Waals surface area contributed by atoms with Crippen molar-refractivity contribution >= 4 is 21.7 Å². The lowest BCUT2D eigenvalue weighted by atomic mass is 10.3. The van der Waals surface area contributed by atoms with E-state index in [9.17, 15) is 13.2 Å². The smallest absolute Gasteiger partial charge is 0.226 e. The molecule has 0 aromatic carbocycles. The van der Waals surface area contributed by atoms with Gasteiger partial charge in [-0.25, -0.2) is 8.42 Å². The molecule has 9 heteroatoms. The number of sulfonamides is 1. The van der Waals surface area contributed by atoms with E-state index in [0.717, 1.165) is 12.1 Å². The number of anilines is 1. The maximum atomic E-state index is 12.1. The van der Waals surface area contributed by atoms with Crippen molar-refractivity contribution in [1.82, 2.24) is 14.5 Å². The van der Waals surface area contributed by atoms with Gasteiger partial charge in [-0.1, -0.05) is 6.92 Å². The fourth-order valence-corrected chi connectivity index (χ4v) is 3.39. The molecule has 1 aromatic heterocycles. The number of hydrogen-bond donors (Lipinski definition) is 2. The number of ether oxygens (including phenoxy) is 1. The van der Waals surface area contributed by atoms with Crippen molar-refractivity contribution in [3.63, 3.8) is 0 Å². The van der Waals surface area contributed by atoms with Gasteiger partial charge in [0.1, 0.15) is 0 Å². The van der Waals surface area contributed by atoms with Gasteiger partial charge in [0.05, 0.1) is 19.0 Å². The molecule has 0 saturated carbocycles. The number of rotatable bonds is 6. The third-order valence-corrected chi connectivity index (χ3v) is 5.10. The Bertz CT molecular complexity index is 578. The van der Waals surface area contributed by atoms with Crippen LogP contribution in [0.4, 0.5) is 5.82 Å². The Morgan fingerprint density at radius 3 is 2.81 bits per heavy atom. The Kier molecular flexibility index (Phi) is 5.32. The molecule has 0 unspecified atom stereocenters. The average molecular weight is 316 g/mol. The Hall–Kier alpha value is -1.45. The largest absolute Gasteiger partial charge is 0.379 e. The zero-order chi connectivity index (χ0) is 15.3. The van der Waals surface area contributed by atoms with Crippen molar-refractivity contribution in [3.8, 4) is 0 Å². The van der Waals surface area contributed by atoms with Crippen LogP contribution in [-0.4, -0.2) is 60.9 Å². The Morgan fingerprint density at radius 1 is 1.48 bits per heavy atom. The first kappa shape index (κ1) is 15.9. The zero-order valence-electron chi connectivity index (χ0n) is 12.0. The van der Waals surface area contributed by atoms with Crippen LogP contribution in [0.3, 0.4) is 0 Å². The van der Waals surface area contributed by atoms with Gasteiger partial charge in [0, 0.05) is 31.3 Å². The van der Waals surface area contributed by atoms with Gasteiger partial charge >= 0.3 is 0 Å². The van der Waals surface area contributed by atoms with Crippen LogP contribution in [0.15, 0.2) is 6.07 Å². The van der Waals surface area contributed by atoms with Crippen molar-refractivity contribution in [2.24, 2.45) is 0 Å². The third-order valence-electron chi connectivity index (χ3n) is 3.23. The first-order chi connectivity index (χ1) is 10.0. The summed E-state index contributed by atoms with van der Waals surface area (Å²) in [6.07, 6.45) is 0.697. The summed E-state index contributed by atoms with van der Waals surface area (Å²) in [5.74, 6) is -0.147. The van der Waals surface area contributed by atoms with E-state index in [1.54, 1.807) is 6.07 Å². The molecular formula is C12H20N4O4S. The first-order valence-corrected chi connectivity index (χ1v) is 8.52. The number of carbonyl (C=O) groups is 1. The fourth-order valence-electron chi connectivity index (χ4n) is 1.99. The highest BCUT2D eigenvalue weighted by Gasteiger charge is 2.24. The number of nitrogens with zero attached hydrogens (tertiary/aromatic N) is 2. The topological polar surface area (TPSA) is 104 Å². The van der Waals surface area contributed by atoms with Crippen LogP contribution in [-0.2, 0) is 26.0 Å². The number of aryl methyl sites for hydroxylation is 1. The summed E-state index contributed by atoms with van der Waals surface area (Å²) in [4.78, 5) is 11.8. The molecule has 1 aliphatic rings. The van der Waals surface area contributed by atoms with Crippen molar-refractivity contribution < 1.29 is 17.9 Å². The highest BCUT2D eigenvalue weighted by Crippen LogP contribution is 2.09. The summed E-state index contributed by atoms with van der Waals surface area (Å²) in [5, 5.41) is 9.29. The van der Waals surface area contributed by atoms with E-state index in [4.69, 9.17) is 4.74 Å². The van der Waals surface area contributed by atoms with Crippen LogP contribution >= 0.6 is 0 Å². The van der Waals surface area contributed by atoms with E-state index >= 15 is 0 Å². The average Bonchev–Trinajstić information content (AvgIpc) is 2.94. The second-order valence-electron chi connectivity index (χ2n) is 4.76. The number of hydrogen-bond acceptors (Lipinski definition) is 5. The number of amides is 1. The predicted octanol–water partition coefficient (Wildman–Crippen LogP) is -0.0373. The minimum atomic E-state index is -3.41. The second kappa shape index (κ2) is 7.01. The quantitative estimate of drug-likeness (QED) is 0.766. The molecule has 21 heavy (non-hydrogen) atoms. The molecule has 0 aliphatic carbocycles. The molecule has 2 heterocycles. The van der Waals surface area contributed by atoms with E-state index in [1.165, 1.54) is 4.31 Å². The van der Waals surface area contributed by atoms with Gasteiger partial charge in [-0.2, -0.15) is 9.40 Å². The van der Waals surface area contributed by atoms with Gasteiger partial charge < -0.3 is 10.1 Å². The summed E-state index contributed by atoms with van der Waals surface area (Å²) in [6.45, 7) is 3.47. The molecule has 1 aliphatic heterocycles. The minimum absolute atomic E-state index is 0.0893. The SMILES string of the molecule is CCc1cc(NC(=O)CCS(=O)(=O)N2CCOCC2)n[nH]1. The number of H-pyrrole nitrogens is 1. The molecule has 1 amide bonds. The lowest BCUT2D eigenvalue weighted by molar-refractivity contribution is -0.115. The van der Waals surface area contributed by atoms with E-state index in [2.05, 4.69) is 15.5 Å². The molecule has 0 atom stereocenters. The normalized spacial score (nSPS) is 16.8. The highest BCUT2D eigenvalue weighted by molar-refractivity contribution is 7.89. The van der Waals surface area contributed by atoms with Crippen LogP contribution in [0.25, 0.3) is 0 Å². The molecule has 0 bridgehead atoms. The van der Waals surface area contributed by atoms with Gasteiger partial charge in [0.15, 0.2) is 5.82 Å². The van der Waals surface area contributed by atoms with Gasteiger partial charge in [-0.15, -0.1) is 0 Å². The van der Waals surface area contributed by atoms with Crippen molar-refractivity contribution in [2.75, 3.05) is 37.4 Å². The molecular weight excluding hydrogens is 296 g/mol. The summed E-state index contributed by atoms with van der Waals surface area (Å²) in [7, 11) is -3.41.